The number of alkyl halides is 3. The smallest absolute Gasteiger partial charge is 0.425 e. The van der Waals surface area contributed by atoms with Gasteiger partial charge in [-0.05, 0) is 12.3 Å². The molecule has 0 heterocycles. The van der Waals surface area contributed by atoms with E-state index in [2.05, 4.69) is 4.74 Å². The molecule has 1 fully saturated rings. The number of rotatable bonds is 3. The zero-order valence-corrected chi connectivity index (χ0v) is 7.23. The first-order valence-electron chi connectivity index (χ1n) is 4.13. The van der Waals surface area contributed by atoms with Gasteiger partial charge in [-0.1, -0.05) is 12.8 Å². The third-order valence-electron chi connectivity index (χ3n) is 1.92. The minimum absolute atomic E-state index is 0.0803. The van der Waals surface area contributed by atoms with Gasteiger partial charge in [-0.15, -0.1) is 0 Å². The zero-order valence-electron chi connectivity index (χ0n) is 7.23. The van der Waals surface area contributed by atoms with Gasteiger partial charge in [-0.2, -0.15) is 13.2 Å². The minimum Gasteiger partial charge on any atom is -0.453 e. The summed E-state index contributed by atoms with van der Waals surface area (Å²) in [6, 6.07) is 0. The number of esters is 1. The van der Waals surface area contributed by atoms with Crippen molar-refractivity contribution in [2.45, 2.75) is 38.5 Å². The molecule has 1 atom stereocenters. The zero-order chi connectivity index (χ0) is 10.1. The van der Waals surface area contributed by atoms with Gasteiger partial charge < -0.3 is 4.74 Å². The van der Waals surface area contributed by atoms with Gasteiger partial charge in [-0.25, -0.2) is 0 Å². The van der Waals surface area contributed by atoms with E-state index in [1.165, 1.54) is 0 Å². The molecule has 0 aromatic heterocycles. The fraction of sp³-hybridized carbons (Fsp3) is 0.875. The van der Waals surface area contributed by atoms with Gasteiger partial charge in [0.15, 0.2) is 6.10 Å². The molecule has 0 aromatic rings. The van der Waals surface area contributed by atoms with E-state index in [0.29, 0.717) is 0 Å². The lowest BCUT2D eigenvalue weighted by molar-refractivity contribution is -0.222. The highest BCUT2D eigenvalue weighted by Gasteiger charge is 2.45. The molecule has 0 spiro atoms. The Labute approximate surface area is 74.1 Å². The van der Waals surface area contributed by atoms with Gasteiger partial charge in [-0.3, -0.25) is 4.79 Å². The molecule has 1 saturated carbocycles. The molecule has 0 radical (unpaired) electrons. The Morgan fingerprint density at radius 1 is 1.54 bits per heavy atom. The van der Waals surface area contributed by atoms with Crippen LogP contribution in [0.4, 0.5) is 13.2 Å². The molecule has 0 aliphatic heterocycles. The lowest BCUT2D eigenvalue weighted by Gasteiger charge is -2.19. The van der Waals surface area contributed by atoms with E-state index < -0.39 is 18.2 Å². The summed E-state index contributed by atoms with van der Waals surface area (Å²) in [5.74, 6) is -0.783. The maximum Gasteiger partial charge on any atom is 0.425 e. The van der Waals surface area contributed by atoms with Crippen molar-refractivity contribution in [1.29, 1.82) is 0 Å². The lowest BCUT2D eigenvalue weighted by Crippen LogP contribution is -2.33. The second-order valence-corrected chi connectivity index (χ2v) is 3.32. The summed E-state index contributed by atoms with van der Waals surface area (Å²) in [6.45, 7) is 0.992. The maximum atomic E-state index is 12.2. The van der Waals surface area contributed by atoms with Gasteiger partial charge in [0.1, 0.15) is 0 Å². The van der Waals surface area contributed by atoms with Crippen molar-refractivity contribution in [3.8, 4) is 0 Å². The van der Waals surface area contributed by atoms with Crippen molar-refractivity contribution in [3.05, 3.63) is 0 Å². The Bertz CT molecular complexity index is 196. The summed E-state index contributed by atoms with van der Waals surface area (Å²) in [5, 5.41) is 0. The molecule has 1 aliphatic carbocycles. The van der Waals surface area contributed by atoms with Crippen LogP contribution in [0.25, 0.3) is 0 Å². The number of ether oxygens (including phenoxy) is 1. The largest absolute Gasteiger partial charge is 0.453 e. The Balaban J connectivity index is 2.46. The fourth-order valence-electron chi connectivity index (χ4n) is 1.11. The quantitative estimate of drug-likeness (QED) is 0.647. The van der Waals surface area contributed by atoms with Crippen LogP contribution in [-0.4, -0.2) is 18.2 Å². The van der Waals surface area contributed by atoms with Crippen LogP contribution >= 0.6 is 0 Å². The molecular formula is C8H11F3O2. The third-order valence-corrected chi connectivity index (χ3v) is 1.92. The number of hydrogen-bond acceptors (Lipinski definition) is 2. The molecule has 2 nitrogen and oxygen atoms in total. The SMILES string of the molecule is CC(=O)OC(CC1CC1)C(F)(F)F. The van der Waals surface area contributed by atoms with Gasteiger partial charge in [0.05, 0.1) is 0 Å². The van der Waals surface area contributed by atoms with Gasteiger partial charge >= 0.3 is 12.1 Å². The number of carbonyl (C=O) groups excluding carboxylic acids is 1. The van der Waals surface area contributed by atoms with Crippen LogP contribution in [0.1, 0.15) is 26.2 Å². The summed E-state index contributed by atoms with van der Waals surface area (Å²) in [6.07, 6.45) is -4.78. The van der Waals surface area contributed by atoms with Crippen LogP contribution in [0.5, 0.6) is 0 Å². The summed E-state index contributed by atoms with van der Waals surface area (Å²) < 4.78 is 40.8. The Hall–Kier alpha value is -0.740. The molecule has 0 N–H and O–H groups in total. The van der Waals surface area contributed by atoms with Crippen LogP contribution in [0.15, 0.2) is 0 Å². The van der Waals surface area contributed by atoms with Gasteiger partial charge in [0.25, 0.3) is 0 Å². The van der Waals surface area contributed by atoms with Gasteiger partial charge in [0, 0.05) is 6.92 Å². The first-order valence-corrected chi connectivity index (χ1v) is 4.13. The summed E-state index contributed by atoms with van der Waals surface area (Å²) >= 11 is 0. The van der Waals surface area contributed by atoms with E-state index in [-0.39, 0.29) is 12.3 Å². The maximum absolute atomic E-state index is 12.2. The van der Waals surface area contributed by atoms with Crippen molar-refractivity contribution in [2.75, 3.05) is 0 Å². The van der Waals surface area contributed by atoms with Crippen molar-refractivity contribution in [1.82, 2.24) is 0 Å². The van der Waals surface area contributed by atoms with Crippen LogP contribution in [0.3, 0.4) is 0 Å². The molecule has 5 heteroatoms. The monoisotopic (exact) mass is 196 g/mol. The van der Waals surface area contributed by atoms with E-state index >= 15 is 0 Å². The standard InChI is InChI=1S/C8H11F3O2/c1-5(12)13-7(8(9,10)11)4-6-2-3-6/h6-7H,2-4H2,1H3. The predicted octanol–water partition coefficient (Wildman–Crippen LogP) is 2.28. The average Bonchev–Trinajstić information content (AvgIpc) is 2.66. The summed E-state index contributed by atoms with van der Waals surface area (Å²) in [5.41, 5.74) is 0. The van der Waals surface area contributed by atoms with E-state index in [1.54, 1.807) is 0 Å². The normalized spacial score (nSPS) is 19.7. The Kier molecular flexibility index (Phi) is 2.83. The van der Waals surface area contributed by atoms with E-state index in [1.807, 2.05) is 0 Å². The van der Waals surface area contributed by atoms with Crippen molar-refractivity contribution < 1.29 is 22.7 Å². The fourth-order valence-corrected chi connectivity index (χ4v) is 1.11. The molecule has 76 valence electrons. The van der Waals surface area contributed by atoms with Crippen molar-refractivity contribution in [3.63, 3.8) is 0 Å². The highest BCUT2D eigenvalue weighted by atomic mass is 19.4. The van der Waals surface area contributed by atoms with Gasteiger partial charge in [0.2, 0.25) is 0 Å². The Morgan fingerprint density at radius 3 is 2.38 bits per heavy atom. The molecule has 1 unspecified atom stereocenters. The van der Waals surface area contributed by atoms with Crippen LogP contribution in [0.2, 0.25) is 0 Å². The lowest BCUT2D eigenvalue weighted by atomic mass is 10.2. The van der Waals surface area contributed by atoms with Crippen LogP contribution in [0, 0.1) is 5.92 Å². The predicted molar refractivity (Wildman–Crippen MR) is 39.0 cm³/mol. The molecule has 0 saturated heterocycles. The third kappa shape index (κ3) is 3.65. The molecule has 1 rings (SSSR count). The van der Waals surface area contributed by atoms with Crippen molar-refractivity contribution >= 4 is 5.97 Å². The summed E-state index contributed by atoms with van der Waals surface area (Å²) in [4.78, 5) is 10.4. The average molecular weight is 196 g/mol. The Morgan fingerprint density at radius 2 is 2.08 bits per heavy atom. The van der Waals surface area contributed by atoms with E-state index in [9.17, 15) is 18.0 Å². The number of halogens is 3. The molecule has 0 bridgehead atoms. The van der Waals surface area contributed by atoms with E-state index in [4.69, 9.17) is 0 Å². The number of hydrogen-bond donors (Lipinski definition) is 0. The van der Waals surface area contributed by atoms with Crippen molar-refractivity contribution in [2.24, 2.45) is 5.92 Å². The highest BCUT2D eigenvalue weighted by molar-refractivity contribution is 5.66. The second-order valence-electron chi connectivity index (χ2n) is 3.32. The summed E-state index contributed by atoms with van der Waals surface area (Å²) in [7, 11) is 0. The highest BCUT2D eigenvalue weighted by Crippen LogP contribution is 2.38. The van der Waals surface area contributed by atoms with E-state index in [0.717, 1.165) is 19.8 Å². The van der Waals surface area contributed by atoms with Crippen LogP contribution < -0.4 is 0 Å². The molecule has 13 heavy (non-hydrogen) atoms. The number of carbonyl (C=O) groups is 1. The molecule has 1 aliphatic rings. The first-order chi connectivity index (χ1) is 5.89. The molecule has 0 aromatic carbocycles. The topological polar surface area (TPSA) is 26.3 Å². The molecule has 0 amide bonds. The first kappa shape index (κ1) is 10.3. The second kappa shape index (κ2) is 3.55. The molecular weight excluding hydrogens is 185 g/mol. The minimum atomic E-state index is -4.42. The van der Waals surface area contributed by atoms with Crippen LogP contribution in [-0.2, 0) is 9.53 Å².